The number of rotatable bonds is 5. The van der Waals surface area contributed by atoms with Crippen LogP contribution >= 0.6 is 23.2 Å². The van der Waals surface area contributed by atoms with Crippen LogP contribution in [-0.4, -0.2) is 28.3 Å². The number of nitrogens with one attached hydrogen (secondary N) is 1. The normalized spacial score (nSPS) is 10.5. The highest BCUT2D eigenvalue weighted by atomic mass is 35.5. The molecule has 0 atom stereocenters. The van der Waals surface area contributed by atoms with Crippen molar-refractivity contribution in [1.82, 2.24) is 9.78 Å². The van der Waals surface area contributed by atoms with Gasteiger partial charge in [-0.05, 0) is 55.5 Å². The molecule has 0 saturated carbocycles. The predicted molar refractivity (Wildman–Crippen MR) is 104 cm³/mol. The summed E-state index contributed by atoms with van der Waals surface area (Å²) in [5, 5.41) is 7.51. The molecule has 0 radical (unpaired) electrons. The van der Waals surface area contributed by atoms with Crippen LogP contribution in [0.4, 0.5) is 5.69 Å². The molecule has 8 heteroatoms. The monoisotopic (exact) mass is 403 g/mol. The Morgan fingerprint density at radius 3 is 2.52 bits per heavy atom. The van der Waals surface area contributed by atoms with Gasteiger partial charge in [-0.1, -0.05) is 23.2 Å². The SMILES string of the molecule is Cc1ccnn1-c1ccc(C(=O)OCC(=O)Nc2cc(Cl)ccc2Cl)cc1. The van der Waals surface area contributed by atoms with E-state index in [9.17, 15) is 9.59 Å². The molecule has 1 amide bonds. The molecule has 0 aliphatic rings. The van der Waals surface area contributed by atoms with Crippen molar-refractivity contribution in [3.63, 3.8) is 0 Å². The van der Waals surface area contributed by atoms with E-state index in [1.807, 2.05) is 13.0 Å². The minimum Gasteiger partial charge on any atom is -0.452 e. The van der Waals surface area contributed by atoms with E-state index in [2.05, 4.69) is 10.4 Å². The molecule has 1 heterocycles. The fourth-order valence-corrected chi connectivity index (χ4v) is 2.71. The maximum Gasteiger partial charge on any atom is 0.338 e. The van der Waals surface area contributed by atoms with Crippen molar-refractivity contribution in [1.29, 1.82) is 0 Å². The molecule has 0 saturated heterocycles. The van der Waals surface area contributed by atoms with Gasteiger partial charge in [-0.15, -0.1) is 0 Å². The first-order valence-electron chi connectivity index (χ1n) is 7.97. The standard InChI is InChI=1S/C19H15Cl2N3O3/c1-12-8-9-22-24(12)15-5-2-13(3-6-15)19(26)27-11-18(25)23-17-10-14(20)4-7-16(17)21/h2-10H,11H2,1H3,(H,23,25). The van der Waals surface area contributed by atoms with Gasteiger partial charge in [0.15, 0.2) is 6.61 Å². The summed E-state index contributed by atoms with van der Waals surface area (Å²) in [6.07, 6.45) is 1.70. The molecule has 1 aromatic heterocycles. The third kappa shape index (κ3) is 4.67. The van der Waals surface area contributed by atoms with Crippen LogP contribution in [-0.2, 0) is 9.53 Å². The van der Waals surface area contributed by atoms with Crippen LogP contribution in [0.2, 0.25) is 10.0 Å². The van der Waals surface area contributed by atoms with Gasteiger partial charge in [-0.3, -0.25) is 4.79 Å². The molecule has 0 aliphatic heterocycles. The Kier molecular flexibility index (Phi) is 5.78. The third-order valence-corrected chi connectivity index (χ3v) is 4.28. The van der Waals surface area contributed by atoms with Crippen molar-refractivity contribution in [2.24, 2.45) is 0 Å². The molecule has 6 nitrogen and oxygen atoms in total. The fourth-order valence-electron chi connectivity index (χ4n) is 2.37. The van der Waals surface area contributed by atoms with Crippen LogP contribution in [0.15, 0.2) is 54.7 Å². The van der Waals surface area contributed by atoms with Crippen LogP contribution in [0.25, 0.3) is 5.69 Å². The quantitative estimate of drug-likeness (QED) is 0.645. The van der Waals surface area contributed by atoms with E-state index in [0.717, 1.165) is 11.4 Å². The molecule has 138 valence electrons. The van der Waals surface area contributed by atoms with Crippen LogP contribution in [0.1, 0.15) is 16.1 Å². The lowest BCUT2D eigenvalue weighted by molar-refractivity contribution is -0.119. The van der Waals surface area contributed by atoms with Crippen LogP contribution in [0.3, 0.4) is 0 Å². The zero-order valence-electron chi connectivity index (χ0n) is 14.3. The number of aryl methyl sites for hydroxylation is 1. The second kappa shape index (κ2) is 8.24. The third-order valence-electron chi connectivity index (χ3n) is 3.72. The molecule has 0 fully saturated rings. The summed E-state index contributed by atoms with van der Waals surface area (Å²) < 4.78 is 6.78. The van der Waals surface area contributed by atoms with Gasteiger partial charge in [0.25, 0.3) is 5.91 Å². The number of amides is 1. The average Bonchev–Trinajstić information content (AvgIpc) is 3.09. The Bertz CT molecular complexity index is 984. The number of hydrogen-bond donors (Lipinski definition) is 1. The Labute approximate surface area is 165 Å². The van der Waals surface area contributed by atoms with Crippen molar-refractivity contribution in [2.75, 3.05) is 11.9 Å². The summed E-state index contributed by atoms with van der Waals surface area (Å²) in [5.41, 5.74) is 2.48. The summed E-state index contributed by atoms with van der Waals surface area (Å²) in [6.45, 7) is 1.49. The summed E-state index contributed by atoms with van der Waals surface area (Å²) in [6, 6.07) is 13.3. The predicted octanol–water partition coefficient (Wildman–Crippen LogP) is 4.28. The highest BCUT2D eigenvalue weighted by molar-refractivity contribution is 6.35. The Morgan fingerprint density at radius 1 is 1.11 bits per heavy atom. The first kappa shape index (κ1) is 18.9. The number of aromatic nitrogens is 2. The zero-order chi connectivity index (χ0) is 19.4. The number of halogens is 2. The number of ether oxygens (including phenoxy) is 1. The smallest absolute Gasteiger partial charge is 0.338 e. The molecule has 0 aliphatic carbocycles. The lowest BCUT2D eigenvalue weighted by atomic mass is 10.2. The topological polar surface area (TPSA) is 73.2 Å². The second-order valence-corrected chi connectivity index (χ2v) is 6.52. The van der Waals surface area contributed by atoms with E-state index < -0.39 is 18.5 Å². The van der Waals surface area contributed by atoms with Gasteiger partial charge < -0.3 is 10.1 Å². The summed E-state index contributed by atoms with van der Waals surface area (Å²) in [7, 11) is 0. The minimum atomic E-state index is -0.605. The van der Waals surface area contributed by atoms with E-state index in [-0.39, 0.29) is 0 Å². The summed E-state index contributed by atoms with van der Waals surface area (Å²) >= 11 is 11.8. The number of carbonyl (C=O) groups is 2. The molecular weight excluding hydrogens is 389 g/mol. The zero-order valence-corrected chi connectivity index (χ0v) is 15.8. The molecule has 0 spiro atoms. The molecule has 27 heavy (non-hydrogen) atoms. The van der Waals surface area contributed by atoms with Gasteiger partial charge in [-0.25, -0.2) is 9.48 Å². The number of anilines is 1. The van der Waals surface area contributed by atoms with Crippen LogP contribution in [0, 0.1) is 6.92 Å². The molecule has 0 bridgehead atoms. The van der Waals surface area contributed by atoms with Gasteiger partial charge in [0.2, 0.25) is 0 Å². The van der Waals surface area contributed by atoms with Crippen LogP contribution < -0.4 is 5.32 Å². The first-order valence-corrected chi connectivity index (χ1v) is 8.73. The van der Waals surface area contributed by atoms with Gasteiger partial charge in [0, 0.05) is 16.9 Å². The number of hydrogen-bond acceptors (Lipinski definition) is 4. The number of esters is 1. The van der Waals surface area contributed by atoms with Crippen LogP contribution in [0.5, 0.6) is 0 Å². The lowest BCUT2D eigenvalue weighted by Crippen LogP contribution is -2.21. The summed E-state index contributed by atoms with van der Waals surface area (Å²) in [5.74, 6) is -1.12. The van der Waals surface area contributed by atoms with E-state index in [1.54, 1.807) is 47.3 Å². The highest BCUT2D eigenvalue weighted by Crippen LogP contribution is 2.25. The van der Waals surface area contributed by atoms with E-state index in [4.69, 9.17) is 27.9 Å². The maximum atomic E-state index is 12.1. The van der Waals surface area contributed by atoms with Gasteiger partial charge in [-0.2, -0.15) is 5.10 Å². The number of carbonyl (C=O) groups excluding carboxylic acids is 2. The Hall–Kier alpha value is -2.83. The second-order valence-electron chi connectivity index (χ2n) is 5.68. The molecule has 3 rings (SSSR count). The Balaban J connectivity index is 1.58. The van der Waals surface area contributed by atoms with Crippen molar-refractivity contribution in [3.05, 3.63) is 76.0 Å². The average molecular weight is 404 g/mol. The Morgan fingerprint density at radius 2 is 1.85 bits per heavy atom. The molecular formula is C19H15Cl2N3O3. The number of benzene rings is 2. The maximum absolute atomic E-state index is 12.1. The van der Waals surface area contributed by atoms with E-state index >= 15 is 0 Å². The fraction of sp³-hybridized carbons (Fsp3) is 0.105. The van der Waals surface area contributed by atoms with Gasteiger partial charge in [0.1, 0.15) is 0 Å². The molecule has 0 unspecified atom stereocenters. The van der Waals surface area contributed by atoms with Crippen molar-refractivity contribution in [3.8, 4) is 5.69 Å². The highest BCUT2D eigenvalue weighted by Gasteiger charge is 2.12. The van der Waals surface area contributed by atoms with E-state index in [0.29, 0.717) is 21.3 Å². The van der Waals surface area contributed by atoms with E-state index in [1.165, 1.54) is 6.07 Å². The lowest BCUT2D eigenvalue weighted by Gasteiger charge is -2.09. The van der Waals surface area contributed by atoms with Gasteiger partial charge >= 0.3 is 5.97 Å². The number of nitrogens with zero attached hydrogens (tertiary/aromatic N) is 2. The minimum absolute atomic E-state index is 0.331. The van der Waals surface area contributed by atoms with Crippen molar-refractivity contribution >= 4 is 40.8 Å². The van der Waals surface area contributed by atoms with Crippen molar-refractivity contribution < 1.29 is 14.3 Å². The molecule has 1 N–H and O–H groups in total. The molecule has 3 aromatic rings. The first-order chi connectivity index (χ1) is 12.9. The largest absolute Gasteiger partial charge is 0.452 e. The summed E-state index contributed by atoms with van der Waals surface area (Å²) in [4.78, 5) is 24.1. The molecule has 2 aromatic carbocycles. The van der Waals surface area contributed by atoms with Gasteiger partial charge in [0.05, 0.1) is 22.0 Å². The van der Waals surface area contributed by atoms with Crippen molar-refractivity contribution in [2.45, 2.75) is 6.92 Å².